The van der Waals surface area contributed by atoms with E-state index in [-0.39, 0.29) is 36.5 Å². The van der Waals surface area contributed by atoms with Gasteiger partial charge in [0.2, 0.25) is 0 Å². The highest BCUT2D eigenvalue weighted by molar-refractivity contribution is 7.17. The Labute approximate surface area is 181 Å². The van der Waals surface area contributed by atoms with Gasteiger partial charge in [0.1, 0.15) is 15.7 Å². The van der Waals surface area contributed by atoms with Gasteiger partial charge in [-0.15, -0.1) is 36.2 Å². The number of hydrogen-bond acceptors (Lipinski definition) is 5. The minimum absolute atomic E-state index is 0. The van der Waals surface area contributed by atoms with Crippen molar-refractivity contribution in [3.63, 3.8) is 0 Å². The maximum Gasteiger partial charge on any atom is 0.265 e. The van der Waals surface area contributed by atoms with Crippen LogP contribution in [0.25, 0.3) is 10.6 Å². The molecule has 0 bridgehead atoms. The number of amides is 1. The summed E-state index contributed by atoms with van der Waals surface area (Å²) in [4.78, 5) is 22.7. The Morgan fingerprint density at radius 3 is 2.54 bits per heavy atom. The van der Waals surface area contributed by atoms with E-state index in [9.17, 15) is 9.18 Å². The van der Waals surface area contributed by atoms with E-state index < -0.39 is 0 Å². The fraction of sp³-hybridized carbons (Fsp3) is 0.474. The third-order valence-electron chi connectivity index (χ3n) is 5.20. The molecule has 2 fully saturated rings. The van der Waals surface area contributed by atoms with Crippen LogP contribution in [0.15, 0.2) is 24.3 Å². The lowest BCUT2D eigenvalue weighted by Gasteiger charge is -2.32. The van der Waals surface area contributed by atoms with Crippen LogP contribution in [0.5, 0.6) is 0 Å². The van der Waals surface area contributed by atoms with Crippen molar-refractivity contribution < 1.29 is 9.18 Å². The summed E-state index contributed by atoms with van der Waals surface area (Å²) < 4.78 is 13.1. The van der Waals surface area contributed by atoms with Gasteiger partial charge >= 0.3 is 0 Å². The van der Waals surface area contributed by atoms with Crippen molar-refractivity contribution in [2.24, 2.45) is 0 Å². The third-order valence-corrected chi connectivity index (χ3v) is 6.40. The number of likely N-dealkylation sites (tertiary alicyclic amines) is 1. The lowest BCUT2D eigenvalue weighted by Crippen LogP contribution is -2.49. The highest BCUT2D eigenvalue weighted by Crippen LogP contribution is 2.30. The molecule has 1 atom stereocenters. The van der Waals surface area contributed by atoms with Crippen LogP contribution in [0.1, 0.15) is 21.8 Å². The Hall–Kier alpha value is -1.25. The molecule has 2 aromatic rings. The van der Waals surface area contributed by atoms with E-state index in [4.69, 9.17) is 0 Å². The standard InChI is InChI=1S/C19H23FN4OS.2ClH/c1-13-17(26-18(22-13)14-2-4-15(20)5-3-14)19(25)24-9-6-16(12-24)23-10-7-21-8-11-23;;/h2-5,16,21H,6-12H2,1H3;2*1H. The van der Waals surface area contributed by atoms with Gasteiger partial charge in [-0.3, -0.25) is 9.69 Å². The normalized spacial score (nSPS) is 19.8. The summed E-state index contributed by atoms with van der Waals surface area (Å²) in [6, 6.07) is 6.72. The summed E-state index contributed by atoms with van der Waals surface area (Å²) in [6.45, 7) is 7.64. The number of thiazole rings is 1. The number of benzene rings is 1. The molecule has 1 unspecified atom stereocenters. The van der Waals surface area contributed by atoms with Crippen molar-refractivity contribution in [3.05, 3.63) is 40.7 Å². The number of hydrogen-bond donors (Lipinski definition) is 1. The molecule has 3 heterocycles. The molecule has 0 aliphatic carbocycles. The van der Waals surface area contributed by atoms with Crippen LogP contribution < -0.4 is 5.32 Å². The number of rotatable bonds is 3. The molecule has 154 valence electrons. The van der Waals surface area contributed by atoms with Gasteiger partial charge in [0.05, 0.1) is 5.69 Å². The topological polar surface area (TPSA) is 48.5 Å². The molecule has 0 radical (unpaired) electrons. The van der Waals surface area contributed by atoms with E-state index in [0.29, 0.717) is 10.9 Å². The van der Waals surface area contributed by atoms with E-state index >= 15 is 0 Å². The predicted molar refractivity (Wildman–Crippen MR) is 115 cm³/mol. The molecule has 2 aliphatic heterocycles. The van der Waals surface area contributed by atoms with Gasteiger partial charge in [0.15, 0.2) is 0 Å². The summed E-state index contributed by atoms with van der Waals surface area (Å²) >= 11 is 1.40. The van der Waals surface area contributed by atoms with Crippen LogP contribution in [0.4, 0.5) is 4.39 Å². The summed E-state index contributed by atoms with van der Waals surface area (Å²) in [5.41, 5.74) is 1.60. The fourth-order valence-corrected chi connectivity index (χ4v) is 4.77. The first-order chi connectivity index (χ1) is 12.6. The molecule has 2 saturated heterocycles. The number of piperazine rings is 1. The van der Waals surface area contributed by atoms with Crippen LogP contribution >= 0.6 is 36.2 Å². The molecule has 9 heteroatoms. The van der Waals surface area contributed by atoms with Crippen LogP contribution in [0.2, 0.25) is 0 Å². The molecule has 5 nitrogen and oxygen atoms in total. The number of nitrogens with zero attached hydrogens (tertiary/aromatic N) is 3. The minimum atomic E-state index is -0.269. The predicted octanol–water partition coefficient (Wildman–Crippen LogP) is 3.22. The van der Waals surface area contributed by atoms with Crippen molar-refractivity contribution in [1.82, 2.24) is 20.1 Å². The first-order valence-corrected chi connectivity index (χ1v) is 9.91. The molecular formula is C19H25Cl2FN4OS. The number of carbonyl (C=O) groups is 1. The molecule has 4 rings (SSSR count). The SMILES string of the molecule is Cc1nc(-c2ccc(F)cc2)sc1C(=O)N1CCC(N2CCNCC2)C1.Cl.Cl. The molecule has 1 amide bonds. The maximum absolute atomic E-state index is 13.1. The van der Waals surface area contributed by atoms with Gasteiger partial charge in [0, 0.05) is 50.9 Å². The quantitative estimate of drug-likeness (QED) is 0.785. The zero-order valence-corrected chi connectivity index (χ0v) is 18.1. The van der Waals surface area contributed by atoms with E-state index in [1.807, 2.05) is 11.8 Å². The maximum atomic E-state index is 13.1. The smallest absolute Gasteiger partial charge is 0.265 e. The first-order valence-electron chi connectivity index (χ1n) is 9.09. The largest absolute Gasteiger partial charge is 0.336 e. The zero-order chi connectivity index (χ0) is 18.1. The van der Waals surface area contributed by atoms with Gasteiger partial charge in [-0.1, -0.05) is 0 Å². The molecule has 1 N–H and O–H groups in total. The number of carbonyl (C=O) groups excluding carboxylic acids is 1. The van der Waals surface area contributed by atoms with Crippen molar-refractivity contribution in [2.45, 2.75) is 19.4 Å². The number of aromatic nitrogens is 1. The molecule has 28 heavy (non-hydrogen) atoms. The highest BCUT2D eigenvalue weighted by Gasteiger charge is 2.32. The average molecular weight is 447 g/mol. The van der Waals surface area contributed by atoms with E-state index in [0.717, 1.165) is 62.0 Å². The Balaban J connectivity index is 0.00000140. The second kappa shape index (κ2) is 9.98. The van der Waals surface area contributed by atoms with Gasteiger partial charge in [-0.25, -0.2) is 9.37 Å². The summed E-state index contributed by atoms with van der Waals surface area (Å²) in [5.74, 6) is -0.194. The van der Waals surface area contributed by atoms with Gasteiger partial charge < -0.3 is 10.2 Å². The molecule has 1 aromatic carbocycles. The van der Waals surface area contributed by atoms with Crippen molar-refractivity contribution in [3.8, 4) is 10.6 Å². The Morgan fingerprint density at radius 2 is 1.86 bits per heavy atom. The lowest BCUT2D eigenvalue weighted by molar-refractivity contribution is 0.0777. The van der Waals surface area contributed by atoms with Crippen LogP contribution in [-0.4, -0.2) is 66.0 Å². The average Bonchev–Trinajstić information content (AvgIpc) is 3.30. The van der Waals surface area contributed by atoms with Crippen molar-refractivity contribution in [2.75, 3.05) is 39.3 Å². The number of halogens is 3. The van der Waals surface area contributed by atoms with E-state index in [2.05, 4.69) is 15.2 Å². The van der Waals surface area contributed by atoms with Crippen LogP contribution in [0, 0.1) is 12.7 Å². The van der Waals surface area contributed by atoms with Gasteiger partial charge in [0.25, 0.3) is 5.91 Å². The molecule has 0 saturated carbocycles. The van der Waals surface area contributed by atoms with Crippen LogP contribution in [-0.2, 0) is 0 Å². The Morgan fingerprint density at radius 1 is 1.18 bits per heavy atom. The van der Waals surface area contributed by atoms with Gasteiger partial charge in [-0.2, -0.15) is 0 Å². The molecule has 2 aliphatic rings. The second-order valence-electron chi connectivity index (χ2n) is 6.92. The van der Waals surface area contributed by atoms with E-state index in [1.54, 1.807) is 12.1 Å². The summed E-state index contributed by atoms with van der Waals surface area (Å²) in [7, 11) is 0. The lowest BCUT2D eigenvalue weighted by atomic mass is 10.2. The molecular weight excluding hydrogens is 422 g/mol. The first kappa shape index (κ1) is 23.0. The summed E-state index contributed by atoms with van der Waals surface area (Å²) in [6.07, 6.45) is 1.04. The van der Waals surface area contributed by atoms with Crippen molar-refractivity contribution >= 4 is 42.1 Å². The fourth-order valence-electron chi connectivity index (χ4n) is 3.73. The van der Waals surface area contributed by atoms with Crippen molar-refractivity contribution in [1.29, 1.82) is 0 Å². The monoisotopic (exact) mass is 446 g/mol. The third kappa shape index (κ3) is 4.83. The molecule has 0 spiro atoms. The Kier molecular flexibility index (Phi) is 8.21. The minimum Gasteiger partial charge on any atom is -0.336 e. The molecule has 1 aromatic heterocycles. The number of aryl methyl sites for hydroxylation is 1. The number of nitrogens with one attached hydrogen (secondary N) is 1. The van der Waals surface area contributed by atoms with E-state index in [1.165, 1.54) is 23.5 Å². The van der Waals surface area contributed by atoms with Crippen LogP contribution in [0.3, 0.4) is 0 Å². The Bertz CT molecular complexity index is 796. The second-order valence-corrected chi connectivity index (χ2v) is 7.92. The highest BCUT2D eigenvalue weighted by atomic mass is 35.5. The van der Waals surface area contributed by atoms with Gasteiger partial charge in [-0.05, 0) is 37.6 Å². The zero-order valence-electron chi connectivity index (χ0n) is 15.7. The summed E-state index contributed by atoms with van der Waals surface area (Å²) in [5, 5.41) is 4.14.